The minimum Gasteiger partial charge on any atom is -0.313 e. The topological polar surface area (TPSA) is 37.8 Å². The van der Waals surface area contributed by atoms with Gasteiger partial charge >= 0.3 is 0 Å². The molecule has 82 valence electrons. The molecule has 0 aliphatic carbocycles. The SMILES string of the molecule is CCNCc1cncc(-c2ccccn2)c1. The van der Waals surface area contributed by atoms with Crippen LogP contribution < -0.4 is 5.32 Å². The molecule has 3 heteroatoms. The fraction of sp³-hybridized carbons (Fsp3) is 0.231. The van der Waals surface area contributed by atoms with Crippen LogP contribution in [-0.2, 0) is 6.54 Å². The van der Waals surface area contributed by atoms with E-state index in [4.69, 9.17) is 0 Å². The molecule has 0 aliphatic heterocycles. The van der Waals surface area contributed by atoms with E-state index < -0.39 is 0 Å². The van der Waals surface area contributed by atoms with Crippen molar-refractivity contribution in [2.75, 3.05) is 6.54 Å². The summed E-state index contributed by atoms with van der Waals surface area (Å²) in [6.07, 6.45) is 5.53. The van der Waals surface area contributed by atoms with Gasteiger partial charge in [-0.05, 0) is 30.3 Å². The van der Waals surface area contributed by atoms with Crippen LogP contribution in [0, 0.1) is 0 Å². The van der Waals surface area contributed by atoms with Gasteiger partial charge in [-0.25, -0.2) is 0 Å². The Morgan fingerprint density at radius 1 is 1.25 bits per heavy atom. The van der Waals surface area contributed by atoms with Gasteiger partial charge in [0.2, 0.25) is 0 Å². The van der Waals surface area contributed by atoms with Gasteiger partial charge in [0.25, 0.3) is 0 Å². The third-order valence-corrected chi connectivity index (χ3v) is 2.33. The Bertz CT molecular complexity index is 440. The van der Waals surface area contributed by atoms with Crippen molar-refractivity contribution in [3.63, 3.8) is 0 Å². The lowest BCUT2D eigenvalue weighted by atomic mass is 10.1. The van der Waals surface area contributed by atoms with Crippen molar-refractivity contribution >= 4 is 0 Å². The molecular weight excluding hydrogens is 198 g/mol. The third-order valence-electron chi connectivity index (χ3n) is 2.33. The van der Waals surface area contributed by atoms with Crippen molar-refractivity contribution in [1.29, 1.82) is 0 Å². The van der Waals surface area contributed by atoms with Crippen molar-refractivity contribution < 1.29 is 0 Å². The van der Waals surface area contributed by atoms with Gasteiger partial charge in [0.05, 0.1) is 5.69 Å². The normalized spacial score (nSPS) is 10.3. The molecule has 0 spiro atoms. The lowest BCUT2D eigenvalue weighted by Crippen LogP contribution is -2.11. The smallest absolute Gasteiger partial charge is 0.0717 e. The Morgan fingerprint density at radius 3 is 2.94 bits per heavy atom. The van der Waals surface area contributed by atoms with E-state index in [1.807, 2.05) is 30.6 Å². The Kier molecular flexibility index (Phi) is 3.62. The zero-order chi connectivity index (χ0) is 11.2. The van der Waals surface area contributed by atoms with Crippen LogP contribution in [0.4, 0.5) is 0 Å². The van der Waals surface area contributed by atoms with E-state index in [0.29, 0.717) is 0 Å². The molecule has 0 unspecified atom stereocenters. The lowest BCUT2D eigenvalue weighted by molar-refractivity contribution is 0.724. The Labute approximate surface area is 95.6 Å². The van der Waals surface area contributed by atoms with Crippen LogP contribution >= 0.6 is 0 Å². The van der Waals surface area contributed by atoms with Gasteiger partial charge in [-0.3, -0.25) is 9.97 Å². The van der Waals surface area contributed by atoms with Crippen molar-refractivity contribution in [2.45, 2.75) is 13.5 Å². The highest BCUT2D eigenvalue weighted by molar-refractivity contribution is 5.58. The summed E-state index contributed by atoms with van der Waals surface area (Å²) in [6, 6.07) is 8.02. The quantitative estimate of drug-likeness (QED) is 0.846. The Hall–Kier alpha value is -1.74. The number of rotatable bonds is 4. The third kappa shape index (κ3) is 2.64. The molecule has 2 aromatic rings. The highest BCUT2D eigenvalue weighted by Gasteiger charge is 2.00. The van der Waals surface area contributed by atoms with Crippen LogP contribution in [0.25, 0.3) is 11.3 Å². The molecule has 0 aromatic carbocycles. The summed E-state index contributed by atoms with van der Waals surface area (Å²) in [4.78, 5) is 8.54. The molecule has 0 fully saturated rings. The van der Waals surface area contributed by atoms with Gasteiger partial charge in [0, 0.05) is 30.7 Å². The molecule has 1 N–H and O–H groups in total. The summed E-state index contributed by atoms with van der Waals surface area (Å²) < 4.78 is 0. The van der Waals surface area contributed by atoms with E-state index in [2.05, 4.69) is 28.3 Å². The molecule has 16 heavy (non-hydrogen) atoms. The minimum atomic E-state index is 0.851. The van der Waals surface area contributed by atoms with Crippen LogP contribution in [0.5, 0.6) is 0 Å². The van der Waals surface area contributed by atoms with Gasteiger partial charge in [-0.15, -0.1) is 0 Å². The van der Waals surface area contributed by atoms with Crippen molar-refractivity contribution in [2.24, 2.45) is 0 Å². The zero-order valence-corrected chi connectivity index (χ0v) is 9.35. The summed E-state index contributed by atoms with van der Waals surface area (Å²) in [5, 5.41) is 3.28. The molecule has 3 nitrogen and oxygen atoms in total. The molecule has 0 saturated heterocycles. The van der Waals surface area contributed by atoms with Crippen LogP contribution in [0.15, 0.2) is 42.9 Å². The van der Waals surface area contributed by atoms with Gasteiger partial charge in [-0.2, -0.15) is 0 Å². The fourth-order valence-corrected chi connectivity index (χ4v) is 1.53. The standard InChI is InChI=1S/C13H15N3/c1-2-14-8-11-7-12(10-15-9-11)13-5-3-4-6-16-13/h3-7,9-10,14H,2,8H2,1H3. The average Bonchev–Trinajstić information content (AvgIpc) is 2.38. The number of hydrogen-bond acceptors (Lipinski definition) is 3. The van der Waals surface area contributed by atoms with Crippen molar-refractivity contribution in [1.82, 2.24) is 15.3 Å². The molecule has 2 rings (SSSR count). The first-order valence-electron chi connectivity index (χ1n) is 5.46. The van der Waals surface area contributed by atoms with Crippen molar-refractivity contribution in [3.8, 4) is 11.3 Å². The summed E-state index contributed by atoms with van der Waals surface area (Å²) in [7, 11) is 0. The second-order valence-electron chi connectivity index (χ2n) is 3.58. The van der Waals surface area contributed by atoms with Crippen LogP contribution in [0.2, 0.25) is 0 Å². The number of nitrogens with one attached hydrogen (secondary N) is 1. The number of hydrogen-bond donors (Lipinski definition) is 1. The summed E-state index contributed by atoms with van der Waals surface area (Å²) in [6.45, 7) is 3.91. The molecule has 0 radical (unpaired) electrons. The predicted molar refractivity (Wildman–Crippen MR) is 64.8 cm³/mol. The van der Waals surface area contributed by atoms with E-state index in [9.17, 15) is 0 Å². The largest absolute Gasteiger partial charge is 0.313 e. The maximum absolute atomic E-state index is 4.31. The first kappa shape index (κ1) is 10.8. The van der Waals surface area contributed by atoms with Crippen molar-refractivity contribution in [3.05, 3.63) is 48.4 Å². The maximum atomic E-state index is 4.31. The Morgan fingerprint density at radius 2 is 2.19 bits per heavy atom. The van der Waals surface area contributed by atoms with Gasteiger partial charge in [0.1, 0.15) is 0 Å². The molecule has 2 aromatic heterocycles. The highest BCUT2D eigenvalue weighted by Crippen LogP contribution is 2.15. The molecule has 0 aliphatic rings. The fourth-order valence-electron chi connectivity index (χ4n) is 1.53. The van der Waals surface area contributed by atoms with Gasteiger partial charge < -0.3 is 5.32 Å². The molecule has 0 atom stereocenters. The van der Waals surface area contributed by atoms with Crippen LogP contribution in [0.1, 0.15) is 12.5 Å². The van der Waals surface area contributed by atoms with Crippen LogP contribution in [0.3, 0.4) is 0 Å². The average molecular weight is 213 g/mol. The molecule has 2 heterocycles. The number of aromatic nitrogens is 2. The molecule has 0 bridgehead atoms. The minimum absolute atomic E-state index is 0.851. The van der Waals surface area contributed by atoms with E-state index >= 15 is 0 Å². The van der Waals surface area contributed by atoms with Gasteiger partial charge in [0.15, 0.2) is 0 Å². The monoisotopic (exact) mass is 213 g/mol. The Balaban J connectivity index is 2.22. The predicted octanol–water partition coefficient (Wildman–Crippen LogP) is 2.25. The highest BCUT2D eigenvalue weighted by atomic mass is 14.8. The second-order valence-corrected chi connectivity index (χ2v) is 3.58. The summed E-state index contributed by atoms with van der Waals surface area (Å²) in [5.41, 5.74) is 3.22. The van der Waals surface area contributed by atoms with Crippen LogP contribution in [-0.4, -0.2) is 16.5 Å². The van der Waals surface area contributed by atoms with Gasteiger partial charge in [-0.1, -0.05) is 13.0 Å². The lowest BCUT2D eigenvalue weighted by Gasteiger charge is -2.04. The number of nitrogens with zero attached hydrogens (tertiary/aromatic N) is 2. The molecular formula is C13H15N3. The summed E-state index contributed by atoms with van der Waals surface area (Å²) >= 11 is 0. The van der Waals surface area contributed by atoms with E-state index in [-0.39, 0.29) is 0 Å². The molecule has 0 amide bonds. The first-order valence-corrected chi connectivity index (χ1v) is 5.46. The van der Waals surface area contributed by atoms with E-state index in [1.54, 1.807) is 6.20 Å². The second kappa shape index (κ2) is 5.37. The zero-order valence-electron chi connectivity index (χ0n) is 9.35. The maximum Gasteiger partial charge on any atom is 0.0717 e. The first-order chi connectivity index (χ1) is 7.90. The number of pyridine rings is 2. The van der Waals surface area contributed by atoms with E-state index in [0.717, 1.165) is 24.3 Å². The van der Waals surface area contributed by atoms with E-state index in [1.165, 1.54) is 5.56 Å². The summed E-state index contributed by atoms with van der Waals surface area (Å²) in [5.74, 6) is 0. The molecule has 0 saturated carbocycles.